The number of Topliss-reactive ketones (excluding diaryl/α,β-unsaturated/α-hetero) is 1. The van der Waals surface area contributed by atoms with E-state index in [0.717, 1.165) is 11.1 Å². The van der Waals surface area contributed by atoms with Crippen LogP contribution in [0.25, 0.3) is 6.08 Å². The summed E-state index contributed by atoms with van der Waals surface area (Å²) in [4.78, 5) is 25.1. The van der Waals surface area contributed by atoms with Crippen LogP contribution in [0.1, 0.15) is 52.6 Å². The Hall–Kier alpha value is -3.92. The molecule has 0 aliphatic carbocycles. The van der Waals surface area contributed by atoms with Crippen LogP contribution in [0.2, 0.25) is 0 Å². The predicted octanol–water partition coefficient (Wildman–Crippen LogP) is 6.38. The lowest BCUT2D eigenvalue weighted by Crippen LogP contribution is -2.12. The minimum atomic E-state index is -0.462. The second-order valence-corrected chi connectivity index (χ2v) is 8.61. The summed E-state index contributed by atoms with van der Waals surface area (Å²) in [6.45, 7) is 6.35. The third-order valence-electron chi connectivity index (χ3n) is 5.17. The van der Waals surface area contributed by atoms with E-state index in [-0.39, 0.29) is 17.0 Å². The summed E-state index contributed by atoms with van der Waals surface area (Å²) in [7, 11) is 0. The molecule has 0 N–H and O–H groups in total. The fourth-order valence-corrected chi connectivity index (χ4v) is 3.33. The van der Waals surface area contributed by atoms with E-state index in [1.807, 2.05) is 48.5 Å². The molecule has 1 heterocycles. The van der Waals surface area contributed by atoms with Crippen LogP contribution in [-0.4, -0.2) is 11.8 Å². The van der Waals surface area contributed by atoms with Gasteiger partial charge in [-0.3, -0.25) is 4.79 Å². The number of esters is 1. The third kappa shape index (κ3) is 4.70. The van der Waals surface area contributed by atoms with Crippen LogP contribution >= 0.6 is 0 Å². The van der Waals surface area contributed by atoms with E-state index in [9.17, 15) is 9.59 Å². The van der Waals surface area contributed by atoms with Crippen LogP contribution in [0.4, 0.5) is 0 Å². The summed E-state index contributed by atoms with van der Waals surface area (Å²) in [6, 6.07) is 21.9. The van der Waals surface area contributed by atoms with Crippen molar-refractivity contribution < 1.29 is 19.1 Å². The zero-order chi connectivity index (χ0) is 22.7. The van der Waals surface area contributed by atoms with Gasteiger partial charge in [-0.1, -0.05) is 75.4 Å². The van der Waals surface area contributed by atoms with Gasteiger partial charge < -0.3 is 9.47 Å². The maximum Gasteiger partial charge on any atom is 0.343 e. The van der Waals surface area contributed by atoms with Gasteiger partial charge in [0.25, 0.3) is 0 Å². The summed E-state index contributed by atoms with van der Waals surface area (Å²) in [5, 5.41) is 0. The number of ether oxygens (including phenoxy) is 2. The SMILES string of the molecule is CC(C)(C)c1ccc(C(=O)Oc2ccc3c(c2)OC(=CC=Cc2ccccc2)C3=O)cc1. The summed E-state index contributed by atoms with van der Waals surface area (Å²) in [6.07, 6.45) is 5.30. The van der Waals surface area contributed by atoms with Crippen molar-refractivity contribution >= 4 is 17.8 Å². The number of hydrogen-bond acceptors (Lipinski definition) is 4. The highest BCUT2D eigenvalue weighted by Gasteiger charge is 2.27. The molecule has 0 atom stereocenters. The monoisotopic (exact) mass is 424 g/mol. The quantitative estimate of drug-likeness (QED) is 0.277. The zero-order valence-electron chi connectivity index (χ0n) is 18.3. The second-order valence-electron chi connectivity index (χ2n) is 8.61. The molecule has 1 aliphatic rings. The minimum Gasteiger partial charge on any atom is -0.452 e. The van der Waals surface area contributed by atoms with E-state index in [2.05, 4.69) is 20.8 Å². The predicted molar refractivity (Wildman–Crippen MR) is 125 cm³/mol. The Morgan fingerprint density at radius 1 is 0.938 bits per heavy atom. The lowest BCUT2D eigenvalue weighted by Gasteiger charge is -2.18. The van der Waals surface area contributed by atoms with E-state index in [0.29, 0.717) is 22.6 Å². The Balaban J connectivity index is 1.46. The smallest absolute Gasteiger partial charge is 0.343 e. The Kier molecular flexibility index (Phi) is 5.78. The number of benzene rings is 3. The Morgan fingerprint density at radius 2 is 1.66 bits per heavy atom. The van der Waals surface area contributed by atoms with Crippen molar-refractivity contribution in [3.05, 3.63) is 113 Å². The normalized spacial score (nSPS) is 14.5. The highest BCUT2D eigenvalue weighted by molar-refractivity contribution is 6.12. The molecule has 0 saturated carbocycles. The van der Waals surface area contributed by atoms with Gasteiger partial charge in [0.1, 0.15) is 11.5 Å². The Bertz CT molecular complexity index is 1210. The van der Waals surface area contributed by atoms with E-state index in [1.54, 1.807) is 42.5 Å². The first-order valence-electron chi connectivity index (χ1n) is 10.4. The number of carbonyl (C=O) groups is 2. The van der Waals surface area contributed by atoms with Gasteiger partial charge in [0.05, 0.1) is 11.1 Å². The number of rotatable bonds is 4. The first kappa shape index (κ1) is 21.3. The van der Waals surface area contributed by atoms with Crippen LogP contribution in [-0.2, 0) is 5.41 Å². The summed E-state index contributed by atoms with van der Waals surface area (Å²) < 4.78 is 11.2. The van der Waals surface area contributed by atoms with Gasteiger partial charge in [0, 0.05) is 6.07 Å². The Labute approximate surface area is 187 Å². The van der Waals surface area contributed by atoms with Crippen LogP contribution < -0.4 is 9.47 Å². The molecule has 0 saturated heterocycles. The zero-order valence-corrected chi connectivity index (χ0v) is 18.3. The van der Waals surface area contributed by atoms with Gasteiger partial charge in [-0.05, 0) is 46.9 Å². The van der Waals surface area contributed by atoms with Crippen LogP contribution in [0, 0.1) is 0 Å². The molecule has 0 fully saturated rings. The fourth-order valence-electron chi connectivity index (χ4n) is 3.33. The molecule has 3 aromatic carbocycles. The molecule has 1 aliphatic heterocycles. The van der Waals surface area contributed by atoms with E-state index >= 15 is 0 Å². The fraction of sp³-hybridized carbons (Fsp3) is 0.143. The Morgan fingerprint density at radius 3 is 2.34 bits per heavy atom. The summed E-state index contributed by atoms with van der Waals surface area (Å²) in [5.41, 5.74) is 3.07. The van der Waals surface area contributed by atoms with Gasteiger partial charge in [0.15, 0.2) is 5.76 Å². The van der Waals surface area contributed by atoms with Gasteiger partial charge in [-0.25, -0.2) is 4.79 Å². The summed E-state index contributed by atoms with van der Waals surface area (Å²) in [5.74, 6) is 0.267. The highest BCUT2D eigenvalue weighted by Crippen LogP contribution is 2.34. The molecule has 3 aromatic rings. The van der Waals surface area contributed by atoms with Crippen LogP contribution in [0.3, 0.4) is 0 Å². The van der Waals surface area contributed by atoms with Crippen molar-refractivity contribution in [3.63, 3.8) is 0 Å². The molecular weight excluding hydrogens is 400 g/mol. The standard InChI is InChI=1S/C28H24O4/c1-28(2,3)21-14-12-20(13-15-21)27(30)31-22-16-17-23-25(18-22)32-24(26(23)29)11-7-10-19-8-5-4-6-9-19/h4-18H,1-3H3. The van der Waals surface area contributed by atoms with Gasteiger partial charge in [0.2, 0.25) is 5.78 Å². The summed E-state index contributed by atoms with van der Waals surface area (Å²) >= 11 is 0. The molecule has 4 heteroatoms. The number of carbonyl (C=O) groups excluding carboxylic acids is 2. The number of fused-ring (bicyclic) bond motifs is 1. The first-order chi connectivity index (χ1) is 15.3. The molecule has 0 unspecified atom stereocenters. The van der Waals surface area contributed by atoms with Crippen molar-refractivity contribution in [2.75, 3.05) is 0 Å². The molecule has 160 valence electrons. The van der Waals surface area contributed by atoms with Crippen molar-refractivity contribution in [1.29, 1.82) is 0 Å². The molecule has 0 bridgehead atoms. The lowest BCUT2D eigenvalue weighted by atomic mass is 9.87. The molecular formula is C28H24O4. The van der Waals surface area contributed by atoms with E-state index in [4.69, 9.17) is 9.47 Å². The van der Waals surface area contributed by atoms with E-state index in [1.165, 1.54) is 0 Å². The number of allylic oxidation sites excluding steroid dienone is 3. The first-order valence-corrected chi connectivity index (χ1v) is 10.4. The van der Waals surface area contributed by atoms with Crippen LogP contribution in [0.15, 0.2) is 90.7 Å². The molecule has 0 spiro atoms. The molecule has 4 rings (SSSR count). The highest BCUT2D eigenvalue weighted by atomic mass is 16.5. The largest absolute Gasteiger partial charge is 0.452 e. The number of hydrogen-bond donors (Lipinski definition) is 0. The number of ketones is 1. The molecule has 32 heavy (non-hydrogen) atoms. The second kappa shape index (κ2) is 8.67. The van der Waals surface area contributed by atoms with Crippen molar-refractivity contribution in [3.8, 4) is 11.5 Å². The average molecular weight is 424 g/mol. The third-order valence-corrected chi connectivity index (χ3v) is 5.17. The van der Waals surface area contributed by atoms with Crippen molar-refractivity contribution in [1.82, 2.24) is 0 Å². The van der Waals surface area contributed by atoms with Crippen LogP contribution in [0.5, 0.6) is 11.5 Å². The van der Waals surface area contributed by atoms with E-state index < -0.39 is 5.97 Å². The lowest BCUT2D eigenvalue weighted by molar-refractivity contribution is 0.0734. The molecule has 4 nitrogen and oxygen atoms in total. The maximum atomic E-state index is 12.6. The van der Waals surface area contributed by atoms with Gasteiger partial charge in [-0.2, -0.15) is 0 Å². The topological polar surface area (TPSA) is 52.6 Å². The molecule has 0 amide bonds. The molecule has 0 aromatic heterocycles. The average Bonchev–Trinajstić information content (AvgIpc) is 3.09. The van der Waals surface area contributed by atoms with Crippen molar-refractivity contribution in [2.24, 2.45) is 0 Å². The van der Waals surface area contributed by atoms with Crippen molar-refractivity contribution in [2.45, 2.75) is 26.2 Å². The molecule has 0 radical (unpaired) electrons. The van der Waals surface area contributed by atoms with Gasteiger partial charge in [-0.15, -0.1) is 0 Å². The van der Waals surface area contributed by atoms with Gasteiger partial charge >= 0.3 is 5.97 Å². The maximum absolute atomic E-state index is 12.6. The minimum absolute atomic E-state index is 0.00774.